The smallest absolute Gasteiger partial charge is 0.164 e. The van der Waals surface area contributed by atoms with Crippen LogP contribution < -0.4 is 4.74 Å². The van der Waals surface area contributed by atoms with Crippen LogP contribution in [0.2, 0.25) is 0 Å². The molecule has 0 aromatic carbocycles. The Bertz CT molecular complexity index is 340. The average molecular weight is 162 g/mol. The van der Waals surface area contributed by atoms with Gasteiger partial charge in [0.15, 0.2) is 5.75 Å². The van der Waals surface area contributed by atoms with Crippen LogP contribution in [0.1, 0.15) is 19.5 Å². The first kappa shape index (κ1) is 7.28. The lowest BCUT2D eigenvalue weighted by atomic mass is 10.1. The molecule has 2 heterocycles. The molecular weight excluding hydrogens is 152 g/mol. The van der Waals surface area contributed by atoms with Gasteiger partial charge >= 0.3 is 0 Å². The van der Waals surface area contributed by atoms with E-state index in [0.717, 1.165) is 11.4 Å². The second-order valence-electron chi connectivity index (χ2n) is 3.00. The van der Waals surface area contributed by atoms with Gasteiger partial charge in [-0.1, -0.05) is 5.57 Å². The molecule has 0 radical (unpaired) electrons. The zero-order valence-corrected chi connectivity index (χ0v) is 7.16. The summed E-state index contributed by atoms with van der Waals surface area (Å²) >= 11 is 0. The van der Waals surface area contributed by atoms with Gasteiger partial charge in [0.1, 0.15) is 18.6 Å². The van der Waals surface area contributed by atoms with Gasteiger partial charge in [-0.05, 0) is 13.8 Å². The topological polar surface area (TPSA) is 35.0 Å². The highest BCUT2D eigenvalue weighted by atomic mass is 16.5. The fourth-order valence-electron chi connectivity index (χ4n) is 1.25. The number of rotatable bonds is 0. The van der Waals surface area contributed by atoms with E-state index in [2.05, 4.69) is 23.8 Å². The average Bonchev–Trinajstić information content (AvgIpc) is 2.47. The van der Waals surface area contributed by atoms with Crippen molar-refractivity contribution in [1.29, 1.82) is 0 Å². The van der Waals surface area contributed by atoms with E-state index in [1.807, 2.05) is 0 Å². The molecule has 1 aromatic heterocycles. The van der Waals surface area contributed by atoms with Crippen LogP contribution in [0.4, 0.5) is 0 Å². The van der Waals surface area contributed by atoms with Gasteiger partial charge in [0, 0.05) is 5.57 Å². The Morgan fingerprint density at radius 1 is 1.50 bits per heavy atom. The maximum absolute atomic E-state index is 5.39. The third-order valence-corrected chi connectivity index (χ3v) is 1.94. The van der Waals surface area contributed by atoms with Crippen molar-refractivity contribution in [3.63, 3.8) is 0 Å². The van der Waals surface area contributed by atoms with E-state index in [9.17, 15) is 0 Å². The Kier molecular flexibility index (Phi) is 1.57. The molecular formula is C9H10N2O. The molecule has 0 fully saturated rings. The van der Waals surface area contributed by atoms with Crippen molar-refractivity contribution in [1.82, 2.24) is 9.97 Å². The molecule has 2 rings (SSSR count). The molecule has 0 atom stereocenters. The van der Waals surface area contributed by atoms with Crippen LogP contribution in [0, 0.1) is 0 Å². The van der Waals surface area contributed by atoms with Crippen LogP contribution in [0.3, 0.4) is 0 Å². The maximum atomic E-state index is 5.39. The molecule has 0 bridgehead atoms. The molecule has 0 unspecified atom stereocenters. The molecule has 12 heavy (non-hydrogen) atoms. The minimum absolute atomic E-state index is 0.635. The number of aromatic nitrogens is 2. The summed E-state index contributed by atoms with van der Waals surface area (Å²) in [5.41, 5.74) is 3.39. The number of fused-ring (bicyclic) bond motifs is 1. The van der Waals surface area contributed by atoms with E-state index in [0.29, 0.717) is 6.61 Å². The molecule has 0 saturated heterocycles. The van der Waals surface area contributed by atoms with Crippen LogP contribution in [-0.2, 0) is 0 Å². The number of nitrogens with zero attached hydrogens (tertiary/aromatic N) is 2. The summed E-state index contributed by atoms with van der Waals surface area (Å²) in [5.74, 6) is 0.800. The highest BCUT2D eigenvalue weighted by Gasteiger charge is 2.19. The zero-order valence-electron chi connectivity index (χ0n) is 7.16. The summed E-state index contributed by atoms with van der Waals surface area (Å²) in [7, 11) is 0. The first-order valence-corrected chi connectivity index (χ1v) is 3.88. The lowest BCUT2D eigenvalue weighted by Crippen LogP contribution is -1.89. The van der Waals surface area contributed by atoms with Gasteiger partial charge in [0.05, 0.1) is 6.20 Å². The van der Waals surface area contributed by atoms with Crippen LogP contribution in [0.15, 0.2) is 18.1 Å². The molecule has 3 heteroatoms. The highest BCUT2D eigenvalue weighted by Crippen LogP contribution is 2.31. The quantitative estimate of drug-likeness (QED) is 0.582. The van der Waals surface area contributed by atoms with Gasteiger partial charge in [0.2, 0.25) is 0 Å². The normalized spacial score (nSPS) is 14.0. The lowest BCUT2D eigenvalue weighted by molar-refractivity contribution is 0.386. The lowest BCUT2D eigenvalue weighted by Gasteiger charge is -1.96. The van der Waals surface area contributed by atoms with Crippen molar-refractivity contribution in [2.45, 2.75) is 13.8 Å². The third-order valence-electron chi connectivity index (χ3n) is 1.94. The minimum atomic E-state index is 0.635. The van der Waals surface area contributed by atoms with Crippen LogP contribution in [-0.4, -0.2) is 16.6 Å². The van der Waals surface area contributed by atoms with E-state index in [1.54, 1.807) is 12.5 Å². The van der Waals surface area contributed by atoms with Gasteiger partial charge in [-0.3, -0.25) is 0 Å². The van der Waals surface area contributed by atoms with Gasteiger partial charge in [-0.2, -0.15) is 0 Å². The van der Waals surface area contributed by atoms with Crippen LogP contribution in [0.25, 0.3) is 5.57 Å². The van der Waals surface area contributed by atoms with Crippen molar-refractivity contribution < 1.29 is 4.74 Å². The molecule has 62 valence electrons. The summed E-state index contributed by atoms with van der Waals surface area (Å²) in [6.07, 6.45) is 3.26. The van der Waals surface area contributed by atoms with E-state index in [-0.39, 0.29) is 0 Å². The van der Waals surface area contributed by atoms with Crippen molar-refractivity contribution in [3.05, 3.63) is 23.8 Å². The molecule has 1 aromatic rings. The van der Waals surface area contributed by atoms with Crippen molar-refractivity contribution in [2.75, 3.05) is 6.61 Å². The molecule has 3 nitrogen and oxygen atoms in total. The predicted molar refractivity (Wildman–Crippen MR) is 45.8 cm³/mol. The first-order chi connectivity index (χ1) is 5.79. The van der Waals surface area contributed by atoms with Gasteiger partial charge in [-0.15, -0.1) is 0 Å². The monoisotopic (exact) mass is 162 g/mol. The van der Waals surface area contributed by atoms with E-state index < -0.39 is 0 Å². The molecule has 1 aliphatic rings. The number of hydrogen-bond acceptors (Lipinski definition) is 3. The Hall–Kier alpha value is -1.38. The Morgan fingerprint density at radius 3 is 3.08 bits per heavy atom. The Balaban J connectivity index is 2.57. The second-order valence-corrected chi connectivity index (χ2v) is 3.00. The molecule has 0 aliphatic carbocycles. The number of ether oxygens (including phenoxy) is 1. The molecule has 0 N–H and O–H groups in total. The van der Waals surface area contributed by atoms with E-state index in [1.165, 1.54) is 11.1 Å². The van der Waals surface area contributed by atoms with Crippen molar-refractivity contribution >= 4 is 5.57 Å². The van der Waals surface area contributed by atoms with Crippen LogP contribution in [0.5, 0.6) is 5.75 Å². The molecule has 0 spiro atoms. The summed E-state index contributed by atoms with van der Waals surface area (Å²) < 4.78 is 5.39. The third kappa shape index (κ3) is 0.978. The predicted octanol–water partition coefficient (Wildman–Crippen LogP) is 1.66. The molecule has 0 saturated carbocycles. The van der Waals surface area contributed by atoms with E-state index >= 15 is 0 Å². The van der Waals surface area contributed by atoms with Gasteiger partial charge in [-0.25, -0.2) is 9.97 Å². The number of allylic oxidation sites excluding steroid dienone is 1. The minimum Gasteiger partial charge on any atom is -0.485 e. The summed E-state index contributed by atoms with van der Waals surface area (Å²) in [5, 5.41) is 0. The molecule has 0 amide bonds. The maximum Gasteiger partial charge on any atom is 0.164 e. The van der Waals surface area contributed by atoms with Gasteiger partial charge in [0.25, 0.3) is 0 Å². The fraction of sp³-hybridized carbons (Fsp3) is 0.333. The largest absolute Gasteiger partial charge is 0.485 e. The Labute approximate surface area is 71.1 Å². The van der Waals surface area contributed by atoms with E-state index in [4.69, 9.17) is 4.74 Å². The van der Waals surface area contributed by atoms with Gasteiger partial charge < -0.3 is 4.74 Å². The van der Waals surface area contributed by atoms with Crippen LogP contribution >= 0.6 is 0 Å². The number of hydrogen-bond donors (Lipinski definition) is 0. The highest BCUT2D eigenvalue weighted by molar-refractivity contribution is 5.73. The fourth-order valence-corrected chi connectivity index (χ4v) is 1.25. The standard InChI is InChI=1S/C9H10N2O/c1-6(2)7-4-12-8-3-10-5-11-9(7)8/h3,5H,4H2,1-2H3. The molecule has 1 aliphatic heterocycles. The van der Waals surface area contributed by atoms with Crippen molar-refractivity contribution in [2.24, 2.45) is 0 Å². The van der Waals surface area contributed by atoms with Crippen molar-refractivity contribution in [3.8, 4) is 5.75 Å². The second kappa shape index (κ2) is 2.59. The summed E-state index contributed by atoms with van der Waals surface area (Å²) in [6.45, 7) is 4.77. The summed E-state index contributed by atoms with van der Waals surface area (Å²) in [6, 6.07) is 0. The zero-order chi connectivity index (χ0) is 8.55. The first-order valence-electron chi connectivity index (χ1n) is 3.88. The SMILES string of the molecule is CC(C)=C1COc2cncnc21. The summed E-state index contributed by atoms with van der Waals surface area (Å²) in [4.78, 5) is 8.06. The Morgan fingerprint density at radius 2 is 2.33 bits per heavy atom.